The number of hydrogen-bond acceptors (Lipinski definition) is 4. The van der Waals surface area contributed by atoms with Gasteiger partial charge < -0.3 is 10.0 Å². The summed E-state index contributed by atoms with van der Waals surface area (Å²) < 4.78 is 27.6. The summed E-state index contributed by atoms with van der Waals surface area (Å²) in [4.78, 5) is 23.9. The van der Waals surface area contributed by atoms with Crippen molar-refractivity contribution in [3.05, 3.63) is 58.1 Å². The van der Waals surface area contributed by atoms with Gasteiger partial charge in [-0.15, -0.1) is 0 Å². The molecule has 0 aromatic heterocycles. The van der Waals surface area contributed by atoms with Crippen molar-refractivity contribution in [2.45, 2.75) is 24.9 Å². The van der Waals surface area contributed by atoms with Crippen molar-refractivity contribution in [2.24, 2.45) is 0 Å². The highest BCUT2D eigenvalue weighted by molar-refractivity contribution is 7.92. The fourth-order valence-corrected chi connectivity index (χ4v) is 4.34. The first-order valence-electron chi connectivity index (χ1n) is 7.60. The maximum atomic E-state index is 12.6. The number of carboxylic acid groups (broad SMARTS) is 1. The summed E-state index contributed by atoms with van der Waals surface area (Å²) >= 11 is 5.95. The standard InChI is InChI=1S/C17H15ClN2O5S/c1-10(21)20-8-12-2-4-14(6-13(12)9-20)19-26(24,25)16-5-3-11(17(22)23)7-15(16)18/h2-7,19H,8-9H2,1H3,(H,22,23). The van der Waals surface area contributed by atoms with Gasteiger partial charge in [0.15, 0.2) is 0 Å². The number of aromatic carboxylic acids is 1. The summed E-state index contributed by atoms with van der Waals surface area (Å²) in [6.45, 7) is 2.41. The third-order valence-electron chi connectivity index (χ3n) is 4.09. The minimum Gasteiger partial charge on any atom is -0.478 e. The van der Waals surface area contributed by atoms with Crippen LogP contribution in [0.1, 0.15) is 28.4 Å². The number of fused-ring (bicyclic) bond motifs is 1. The number of nitrogens with one attached hydrogen (secondary N) is 1. The van der Waals surface area contributed by atoms with E-state index >= 15 is 0 Å². The molecule has 2 N–H and O–H groups in total. The van der Waals surface area contributed by atoms with Gasteiger partial charge in [-0.05, 0) is 41.5 Å². The fraction of sp³-hybridized carbons (Fsp3) is 0.176. The second kappa shape index (κ2) is 6.62. The van der Waals surface area contributed by atoms with Gasteiger partial charge in [0.1, 0.15) is 4.90 Å². The van der Waals surface area contributed by atoms with E-state index in [-0.39, 0.29) is 21.4 Å². The number of carboxylic acids is 1. The van der Waals surface area contributed by atoms with Crippen molar-refractivity contribution in [3.63, 3.8) is 0 Å². The molecule has 136 valence electrons. The molecule has 1 aliphatic heterocycles. The van der Waals surface area contributed by atoms with Crippen LogP contribution in [0.4, 0.5) is 5.69 Å². The number of anilines is 1. The lowest BCUT2D eigenvalue weighted by Gasteiger charge is -2.11. The molecule has 3 rings (SSSR count). The normalized spacial score (nSPS) is 13.4. The van der Waals surface area contributed by atoms with Crippen molar-refractivity contribution in [1.82, 2.24) is 4.90 Å². The van der Waals surface area contributed by atoms with E-state index < -0.39 is 16.0 Å². The van der Waals surface area contributed by atoms with Gasteiger partial charge in [-0.25, -0.2) is 13.2 Å². The van der Waals surface area contributed by atoms with Crippen molar-refractivity contribution in [3.8, 4) is 0 Å². The van der Waals surface area contributed by atoms with E-state index in [0.29, 0.717) is 18.8 Å². The number of hydrogen-bond donors (Lipinski definition) is 2. The van der Waals surface area contributed by atoms with Gasteiger partial charge in [-0.2, -0.15) is 0 Å². The number of rotatable bonds is 4. The SMILES string of the molecule is CC(=O)N1Cc2ccc(NS(=O)(=O)c3ccc(C(=O)O)cc3Cl)cc2C1. The van der Waals surface area contributed by atoms with Gasteiger partial charge in [0, 0.05) is 25.7 Å². The number of sulfonamides is 1. The summed E-state index contributed by atoms with van der Waals surface area (Å²) in [5, 5.41) is 8.76. The van der Waals surface area contributed by atoms with E-state index in [1.807, 2.05) is 0 Å². The molecule has 2 aromatic rings. The first-order valence-corrected chi connectivity index (χ1v) is 9.46. The zero-order chi connectivity index (χ0) is 19.1. The van der Waals surface area contributed by atoms with Crippen LogP contribution in [-0.4, -0.2) is 30.3 Å². The lowest BCUT2D eigenvalue weighted by atomic mass is 10.1. The van der Waals surface area contributed by atoms with Crippen LogP contribution in [0.3, 0.4) is 0 Å². The minimum absolute atomic E-state index is 0.0476. The number of benzene rings is 2. The molecular weight excluding hydrogens is 380 g/mol. The Bertz CT molecular complexity index is 1020. The highest BCUT2D eigenvalue weighted by atomic mass is 35.5. The molecule has 0 saturated heterocycles. The van der Waals surface area contributed by atoms with Crippen LogP contribution in [0.2, 0.25) is 5.02 Å². The minimum atomic E-state index is -3.99. The molecule has 0 atom stereocenters. The number of nitrogens with zero attached hydrogens (tertiary/aromatic N) is 1. The summed E-state index contributed by atoms with van der Waals surface area (Å²) in [5.74, 6) is -1.24. The fourth-order valence-electron chi connectivity index (χ4n) is 2.74. The summed E-state index contributed by atoms with van der Waals surface area (Å²) in [5.41, 5.74) is 2.07. The second-order valence-corrected chi connectivity index (χ2v) is 7.97. The summed E-state index contributed by atoms with van der Waals surface area (Å²) in [6, 6.07) is 8.47. The molecule has 2 aromatic carbocycles. The molecule has 0 saturated carbocycles. The van der Waals surface area contributed by atoms with Crippen LogP contribution < -0.4 is 4.72 Å². The first-order chi connectivity index (χ1) is 12.2. The van der Waals surface area contributed by atoms with Crippen LogP contribution >= 0.6 is 11.6 Å². The highest BCUT2D eigenvalue weighted by Crippen LogP contribution is 2.29. The van der Waals surface area contributed by atoms with Crippen LogP contribution in [0.25, 0.3) is 0 Å². The van der Waals surface area contributed by atoms with Crippen molar-refractivity contribution < 1.29 is 23.1 Å². The Labute approximate surface area is 155 Å². The number of amides is 1. The predicted octanol–water partition coefficient (Wildman–Crippen LogP) is 2.70. The molecule has 26 heavy (non-hydrogen) atoms. The maximum absolute atomic E-state index is 12.6. The Morgan fingerprint density at radius 1 is 1.12 bits per heavy atom. The van der Waals surface area contributed by atoms with Crippen molar-refractivity contribution in [2.75, 3.05) is 4.72 Å². The Kier molecular flexibility index (Phi) is 4.64. The van der Waals surface area contributed by atoms with Gasteiger partial charge in [0.25, 0.3) is 10.0 Å². The number of carbonyl (C=O) groups is 2. The van der Waals surface area contributed by atoms with Gasteiger partial charge in [0.2, 0.25) is 5.91 Å². The van der Waals surface area contributed by atoms with Gasteiger partial charge in [-0.1, -0.05) is 17.7 Å². The quantitative estimate of drug-likeness (QED) is 0.829. The van der Waals surface area contributed by atoms with Gasteiger partial charge >= 0.3 is 5.97 Å². The third kappa shape index (κ3) is 3.51. The molecule has 0 fully saturated rings. The molecule has 0 bridgehead atoms. The summed E-state index contributed by atoms with van der Waals surface area (Å²) in [6.07, 6.45) is 0. The van der Waals surface area contributed by atoms with E-state index in [1.165, 1.54) is 13.0 Å². The lowest BCUT2D eigenvalue weighted by Crippen LogP contribution is -2.21. The van der Waals surface area contributed by atoms with E-state index in [1.54, 1.807) is 23.1 Å². The van der Waals surface area contributed by atoms with Crippen LogP contribution in [-0.2, 0) is 27.9 Å². The van der Waals surface area contributed by atoms with E-state index in [4.69, 9.17) is 16.7 Å². The molecule has 0 radical (unpaired) electrons. The largest absolute Gasteiger partial charge is 0.478 e. The van der Waals surface area contributed by atoms with E-state index in [2.05, 4.69) is 4.72 Å². The molecule has 7 nitrogen and oxygen atoms in total. The number of carbonyl (C=O) groups excluding carboxylic acids is 1. The molecular formula is C17H15ClN2O5S. The van der Waals surface area contributed by atoms with Crippen LogP contribution in [0.15, 0.2) is 41.3 Å². The monoisotopic (exact) mass is 394 g/mol. The lowest BCUT2D eigenvalue weighted by molar-refractivity contribution is -0.129. The molecule has 0 spiro atoms. The van der Waals surface area contributed by atoms with Gasteiger partial charge in [-0.3, -0.25) is 9.52 Å². The molecule has 9 heteroatoms. The smallest absolute Gasteiger partial charge is 0.335 e. The van der Waals surface area contributed by atoms with Crippen molar-refractivity contribution >= 4 is 39.2 Å². The molecule has 1 aliphatic rings. The second-order valence-electron chi connectivity index (χ2n) is 5.91. The maximum Gasteiger partial charge on any atom is 0.335 e. The highest BCUT2D eigenvalue weighted by Gasteiger charge is 2.23. The average molecular weight is 395 g/mol. The first kappa shape index (κ1) is 18.2. The molecule has 0 unspecified atom stereocenters. The Hall–Kier alpha value is -2.58. The van der Waals surface area contributed by atoms with Gasteiger partial charge in [0.05, 0.1) is 10.6 Å². The van der Waals surface area contributed by atoms with E-state index in [0.717, 1.165) is 23.3 Å². The Balaban J connectivity index is 1.86. The summed E-state index contributed by atoms with van der Waals surface area (Å²) in [7, 11) is -3.99. The van der Waals surface area contributed by atoms with E-state index in [9.17, 15) is 18.0 Å². The third-order valence-corrected chi connectivity index (χ3v) is 5.96. The molecule has 1 heterocycles. The Morgan fingerprint density at radius 2 is 1.81 bits per heavy atom. The molecule has 1 amide bonds. The predicted molar refractivity (Wildman–Crippen MR) is 95.6 cm³/mol. The zero-order valence-corrected chi connectivity index (χ0v) is 15.3. The van der Waals surface area contributed by atoms with Crippen molar-refractivity contribution in [1.29, 1.82) is 0 Å². The topological polar surface area (TPSA) is 104 Å². The average Bonchev–Trinajstić information content (AvgIpc) is 2.97. The molecule has 0 aliphatic carbocycles. The van der Waals surface area contributed by atoms with Crippen LogP contribution in [0, 0.1) is 0 Å². The number of halogens is 1. The Morgan fingerprint density at radius 3 is 2.42 bits per heavy atom. The van der Waals surface area contributed by atoms with Crippen LogP contribution in [0.5, 0.6) is 0 Å². The zero-order valence-electron chi connectivity index (χ0n) is 13.7.